The molecule has 0 aliphatic heterocycles. The predicted octanol–water partition coefficient (Wildman–Crippen LogP) is 0.304. The number of aromatic nitrogens is 4. The van der Waals surface area contributed by atoms with E-state index in [4.69, 9.17) is 0 Å². The van der Waals surface area contributed by atoms with Gasteiger partial charge in [0.1, 0.15) is 0 Å². The SMILES string of the molecule is CCCC(C)(O)Cc1nnn(C)n1. The minimum Gasteiger partial charge on any atom is -0.390 e. The highest BCUT2D eigenvalue weighted by Crippen LogP contribution is 2.15. The monoisotopic (exact) mass is 184 g/mol. The summed E-state index contributed by atoms with van der Waals surface area (Å²) in [6.45, 7) is 3.84. The van der Waals surface area contributed by atoms with Gasteiger partial charge in [-0.2, -0.15) is 4.80 Å². The average molecular weight is 184 g/mol. The van der Waals surface area contributed by atoms with Gasteiger partial charge in [-0.1, -0.05) is 13.3 Å². The van der Waals surface area contributed by atoms with E-state index in [-0.39, 0.29) is 0 Å². The van der Waals surface area contributed by atoms with Gasteiger partial charge in [0, 0.05) is 6.42 Å². The maximum absolute atomic E-state index is 9.86. The summed E-state index contributed by atoms with van der Waals surface area (Å²) in [7, 11) is 1.71. The topological polar surface area (TPSA) is 63.8 Å². The van der Waals surface area contributed by atoms with E-state index < -0.39 is 5.60 Å². The molecule has 0 saturated heterocycles. The van der Waals surface area contributed by atoms with Crippen molar-refractivity contribution < 1.29 is 5.11 Å². The summed E-state index contributed by atoms with van der Waals surface area (Å²) in [6, 6.07) is 0. The van der Waals surface area contributed by atoms with E-state index in [9.17, 15) is 5.11 Å². The Bertz CT molecular complexity index is 269. The molecule has 0 bridgehead atoms. The lowest BCUT2D eigenvalue weighted by molar-refractivity contribution is 0.0485. The van der Waals surface area contributed by atoms with Crippen LogP contribution in [-0.2, 0) is 13.5 Å². The largest absolute Gasteiger partial charge is 0.390 e. The van der Waals surface area contributed by atoms with Crippen LogP contribution in [0.15, 0.2) is 0 Å². The van der Waals surface area contributed by atoms with Crippen molar-refractivity contribution in [2.45, 2.75) is 38.7 Å². The Morgan fingerprint density at radius 1 is 1.54 bits per heavy atom. The van der Waals surface area contributed by atoms with Gasteiger partial charge >= 0.3 is 0 Å². The van der Waals surface area contributed by atoms with Gasteiger partial charge in [-0.15, -0.1) is 10.2 Å². The van der Waals surface area contributed by atoms with Crippen molar-refractivity contribution in [1.82, 2.24) is 20.2 Å². The Morgan fingerprint density at radius 3 is 2.69 bits per heavy atom. The highest BCUT2D eigenvalue weighted by atomic mass is 16.3. The summed E-state index contributed by atoms with van der Waals surface area (Å²) >= 11 is 0. The first-order valence-electron chi connectivity index (χ1n) is 4.49. The number of aliphatic hydroxyl groups is 1. The van der Waals surface area contributed by atoms with Gasteiger partial charge < -0.3 is 5.11 Å². The third-order valence-corrected chi connectivity index (χ3v) is 1.88. The molecule has 0 aromatic carbocycles. The lowest BCUT2D eigenvalue weighted by Crippen LogP contribution is -2.27. The normalized spacial score (nSPS) is 15.7. The molecule has 1 aromatic rings. The smallest absolute Gasteiger partial charge is 0.177 e. The molecule has 5 nitrogen and oxygen atoms in total. The average Bonchev–Trinajstić information content (AvgIpc) is 2.34. The molecule has 0 saturated carbocycles. The fourth-order valence-electron chi connectivity index (χ4n) is 1.36. The third-order valence-electron chi connectivity index (χ3n) is 1.88. The molecule has 74 valence electrons. The molecule has 5 heteroatoms. The minimum atomic E-state index is -0.711. The Hall–Kier alpha value is -0.970. The highest BCUT2D eigenvalue weighted by molar-refractivity contribution is 4.87. The first kappa shape index (κ1) is 10.1. The van der Waals surface area contributed by atoms with Crippen molar-refractivity contribution in [3.63, 3.8) is 0 Å². The molecule has 0 amide bonds. The molecule has 0 aliphatic carbocycles. The van der Waals surface area contributed by atoms with Crippen molar-refractivity contribution in [3.8, 4) is 0 Å². The molecule has 13 heavy (non-hydrogen) atoms. The van der Waals surface area contributed by atoms with Gasteiger partial charge in [0.15, 0.2) is 5.82 Å². The molecular formula is C8H16N4O. The molecule has 0 spiro atoms. The molecule has 1 rings (SSSR count). The second kappa shape index (κ2) is 3.83. The van der Waals surface area contributed by atoms with Crippen LogP contribution in [0.5, 0.6) is 0 Å². The first-order valence-corrected chi connectivity index (χ1v) is 4.49. The Balaban J connectivity index is 2.57. The summed E-state index contributed by atoms with van der Waals surface area (Å²) in [6.07, 6.45) is 2.17. The molecular weight excluding hydrogens is 168 g/mol. The van der Waals surface area contributed by atoms with E-state index in [1.54, 1.807) is 14.0 Å². The predicted molar refractivity (Wildman–Crippen MR) is 48.0 cm³/mol. The zero-order valence-electron chi connectivity index (χ0n) is 8.36. The number of nitrogens with zero attached hydrogens (tertiary/aromatic N) is 4. The second-order valence-electron chi connectivity index (χ2n) is 3.62. The van der Waals surface area contributed by atoms with Crippen molar-refractivity contribution in [3.05, 3.63) is 5.82 Å². The number of tetrazole rings is 1. The van der Waals surface area contributed by atoms with E-state index in [1.165, 1.54) is 4.80 Å². The fraction of sp³-hybridized carbons (Fsp3) is 0.875. The maximum atomic E-state index is 9.86. The zero-order chi connectivity index (χ0) is 9.90. The summed E-state index contributed by atoms with van der Waals surface area (Å²) in [5.74, 6) is 0.598. The van der Waals surface area contributed by atoms with E-state index in [2.05, 4.69) is 15.4 Å². The van der Waals surface area contributed by atoms with Crippen LogP contribution in [0.1, 0.15) is 32.5 Å². The van der Waals surface area contributed by atoms with Crippen LogP contribution >= 0.6 is 0 Å². The van der Waals surface area contributed by atoms with Crippen LogP contribution < -0.4 is 0 Å². The van der Waals surface area contributed by atoms with Gasteiger partial charge in [-0.05, 0) is 18.6 Å². The zero-order valence-corrected chi connectivity index (χ0v) is 8.36. The molecule has 0 fully saturated rings. The van der Waals surface area contributed by atoms with Crippen LogP contribution in [0, 0.1) is 0 Å². The Morgan fingerprint density at radius 2 is 2.23 bits per heavy atom. The van der Waals surface area contributed by atoms with Crippen molar-refractivity contribution in [2.24, 2.45) is 7.05 Å². The van der Waals surface area contributed by atoms with Gasteiger partial charge in [-0.25, -0.2) is 0 Å². The minimum absolute atomic E-state index is 0.467. The molecule has 0 radical (unpaired) electrons. The highest BCUT2D eigenvalue weighted by Gasteiger charge is 2.22. The van der Waals surface area contributed by atoms with Crippen LogP contribution in [0.25, 0.3) is 0 Å². The summed E-state index contributed by atoms with van der Waals surface area (Å²) < 4.78 is 0. The molecule has 1 heterocycles. The molecule has 1 N–H and O–H groups in total. The van der Waals surface area contributed by atoms with Crippen LogP contribution in [0.4, 0.5) is 0 Å². The standard InChI is InChI=1S/C8H16N4O/c1-4-5-8(2,13)6-7-9-11-12(3)10-7/h13H,4-6H2,1-3H3. The number of hydrogen-bond donors (Lipinski definition) is 1. The van der Waals surface area contributed by atoms with Gasteiger partial charge in [0.25, 0.3) is 0 Å². The Kier molecular flexibility index (Phi) is 2.98. The third kappa shape index (κ3) is 3.10. The number of aryl methyl sites for hydroxylation is 1. The lowest BCUT2D eigenvalue weighted by Gasteiger charge is -2.20. The first-order chi connectivity index (χ1) is 6.03. The quantitative estimate of drug-likeness (QED) is 0.731. The molecule has 1 unspecified atom stereocenters. The van der Waals surface area contributed by atoms with E-state index in [0.29, 0.717) is 12.2 Å². The van der Waals surface area contributed by atoms with Crippen LogP contribution in [0.2, 0.25) is 0 Å². The fourth-order valence-corrected chi connectivity index (χ4v) is 1.36. The van der Waals surface area contributed by atoms with Gasteiger partial charge in [0.05, 0.1) is 12.6 Å². The van der Waals surface area contributed by atoms with Crippen molar-refractivity contribution >= 4 is 0 Å². The summed E-state index contributed by atoms with van der Waals surface area (Å²) in [4.78, 5) is 1.40. The maximum Gasteiger partial charge on any atom is 0.177 e. The Labute approximate surface area is 77.8 Å². The number of rotatable bonds is 4. The van der Waals surface area contributed by atoms with Crippen LogP contribution in [-0.4, -0.2) is 30.9 Å². The van der Waals surface area contributed by atoms with Gasteiger partial charge in [-0.3, -0.25) is 0 Å². The molecule has 0 aliphatic rings. The van der Waals surface area contributed by atoms with E-state index >= 15 is 0 Å². The van der Waals surface area contributed by atoms with Crippen molar-refractivity contribution in [1.29, 1.82) is 0 Å². The molecule has 1 atom stereocenters. The van der Waals surface area contributed by atoms with E-state index in [0.717, 1.165) is 12.8 Å². The van der Waals surface area contributed by atoms with Gasteiger partial charge in [0.2, 0.25) is 0 Å². The summed E-state index contributed by atoms with van der Waals surface area (Å²) in [5, 5.41) is 21.4. The lowest BCUT2D eigenvalue weighted by atomic mass is 9.96. The summed E-state index contributed by atoms with van der Waals surface area (Å²) in [5.41, 5.74) is -0.711. The van der Waals surface area contributed by atoms with Crippen LogP contribution in [0.3, 0.4) is 0 Å². The number of hydrogen-bond acceptors (Lipinski definition) is 4. The van der Waals surface area contributed by atoms with E-state index in [1.807, 2.05) is 6.92 Å². The molecule has 1 aromatic heterocycles. The second-order valence-corrected chi connectivity index (χ2v) is 3.62. The van der Waals surface area contributed by atoms with Crippen molar-refractivity contribution in [2.75, 3.05) is 0 Å².